The third-order valence-corrected chi connectivity index (χ3v) is 5.22. The van der Waals surface area contributed by atoms with Crippen LogP contribution >= 0.6 is 11.6 Å². The number of benzene rings is 2. The van der Waals surface area contributed by atoms with E-state index in [-0.39, 0.29) is 0 Å². The quantitative estimate of drug-likeness (QED) is 0.346. The van der Waals surface area contributed by atoms with E-state index in [1.807, 2.05) is 29.2 Å². The Morgan fingerprint density at radius 3 is 2.50 bits per heavy atom. The SMILES string of the molecule is CCOC(=O)/C(=N\Nc1ccccc1Cl)N1CCC(Cc2ccccc2)CC1. The zero-order valence-electron chi connectivity index (χ0n) is 16.1. The molecule has 1 saturated heterocycles. The lowest BCUT2D eigenvalue weighted by Crippen LogP contribution is -2.43. The molecular formula is C22H26ClN3O2. The van der Waals surface area contributed by atoms with Gasteiger partial charge in [0.1, 0.15) is 0 Å². The molecule has 2 aromatic rings. The molecule has 0 amide bonds. The van der Waals surface area contributed by atoms with Gasteiger partial charge in [0.15, 0.2) is 0 Å². The van der Waals surface area contributed by atoms with Gasteiger partial charge >= 0.3 is 5.97 Å². The second kappa shape index (κ2) is 10.1. The molecule has 1 aliphatic heterocycles. The van der Waals surface area contributed by atoms with Crippen LogP contribution in [0.5, 0.6) is 0 Å². The first-order valence-corrected chi connectivity index (χ1v) is 10.1. The number of ether oxygens (including phenoxy) is 1. The maximum absolute atomic E-state index is 12.5. The van der Waals surface area contributed by atoms with Crippen molar-refractivity contribution in [3.8, 4) is 0 Å². The lowest BCUT2D eigenvalue weighted by Gasteiger charge is -2.33. The zero-order valence-corrected chi connectivity index (χ0v) is 16.9. The fourth-order valence-corrected chi connectivity index (χ4v) is 3.58. The molecule has 148 valence electrons. The Kier molecular flexibility index (Phi) is 7.31. The normalized spacial score (nSPS) is 15.4. The minimum atomic E-state index is -0.413. The van der Waals surface area contributed by atoms with Crippen molar-refractivity contribution in [1.29, 1.82) is 0 Å². The number of amidine groups is 1. The molecule has 0 saturated carbocycles. The van der Waals surface area contributed by atoms with E-state index in [4.69, 9.17) is 16.3 Å². The van der Waals surface area contributed by atoms with E-state index in [1.54, 1.807) is 13.0 Å². The van der Waals surface area contributed by atoms with Crippen molar-refractivity contribution < 1.29 is 9.53 Å². The monoisotopic (exact) mass is 399 g/mol. The molecule has 0 aromatic heterocycles. The van der Waals surface area contributed by atoms with Crippen molar-refractivity contribution >= 4 is 29.1 Å². The van der Waals surface area contributed by atoms with Gasteiger partial charge in [-0.2, -0.15) is 0 Å². The number of hydrazone groups is 1. The summed E-state index contributed by atoms with van der Waals surface area (Å²) in [4.78, 5) is 14.5. The number of carbonyl (C=O) groups is 1. The molecule has 1 fully saturated rings. The predicted molar refractivity (Wildman–Crippen MR) is 114 cm³/mol. The van der Waals surface area contributed by atoms with Crippen LogP contribution in [-0.2, 0) is 16.0 Å². The molecule has 3 rings (SSSR count). The average molecular weight is 400 g/mol. The first-order valence-electron chi connectivity index (χ1n) is 9.71. The first kappa shape index (κ1) is 20.2. The number of likely N-dealkylation sites (tertiary alicyclic amines) is 1. The topological polar surface area (TPSA) is 53.9 Å². The van der Waals surface area contributed by atoms with E-state index < -0.39 is 5.97 Å². The van der Waals surface area contributed by atoms with Crippen LogP contribution < -0.4 is 5.43 Å². The van der Waals surface area contributed by atoms with Crippen LogP contribution in [0.4, 0.5) is 5.69 Å². The lowest BCUT2D eigenvalue weighted by atomic mass is 9.90. The van der Waals surface area contributed by atoms with Crippen LogP contribution in [0, 0.1) is 5.92 Å². The molecule has 5 nitrogen and oxygen atoms in total. The third-order valence-electron chi connectivity index (χ3n) is 4.90. The predicted octanol–water partition coefficient (Wildman–Crippen LogP) is 4.58. The fraction of sp³-hybridized carbons (Fsp3) is 0.364. The molecular weight excluding hydrogens is 374 g/mol. The van der Waals surface area contributed by atoms with Crippen LogP contribution in [0.3, 0.4) is 0 Å². The number of para-hydroxylation sites is 1. The number of rotatable bonds is 5. The highest BCUT2D eigenvalue weighted by Gasteiger charge is 2.27. The van der Waals surface area contributed by atoms with Gasteiger partial charge in [-0.1, -0.05) is 54.1 Å². The summed E-state index contributed by atoms with van der Waals surface area (Å²) in [5.41, 5.74) is 4.93. The number of nitrogens with one attached hydrogen (secondary N) is 1. The molecule has 1 aliphatic rings. The molecule has 0 bridgehead atoms. The van der Waals surface area contributed by atoms with Gasteiger partial charge in [-0.05, 0) is 49.8 Å². The first-order chi connectivity index (χ1) is 13.7. The van der Waals surface area contributed by atoms with Gasteiger partial charge in [-0.25, -0.2) is 4.79 Å². The third kappa shape index (κ3) is 5.49. The summed E-state index contributed by atoms with van der Waals surface area (Å²) in [6.45, 7) is 3.66. The smallest absolute Gasteiger partial charge is 0.375 e. The van der Waals surface area contributed by atoms with E-state index in [0.29, 0.717) is 29.1 Å². The van der Waals surface area contributed by atoms with E-state index in [1.165, 1.54) is 5.56 Å². The molecule has 0 spiro atoms. The number of nitrogens with zero attached hydrogens (tertiary/aromatic N) is 2. The fourth-order valence-electron chi connectivity index (χ4n) is 3.40. The molecule has 0 atom stereocenters. The van der Waals surface area contributed by atoms with E-state index in [9.17, 15) is 4.79 Å². The molecule has 0 aliphatic carbocycles. The van der Waals surface area contributed by atoms with Gasteiger partial charge < -0.3 is 9.64 Å². The van der Waals surface area contributed by atoms with Crippen molar-refractivity contribution in [2.45, 2.75) is 26.2 Å². The van der Waals surface area contributed by atoms with Crippen molar-refractivity contribution in [2.24, 2.45) is 11.0 Å². The summed E-state index contributed by atoms with van der Waals surface area (Å²) in [5, 5.41) is 4.89. The van der Waals surface area contributed by atoms with Crippen molar-refractivity contribution in [3.63, 3.8) is 0 Å². The van der Waals surface area contributed by atoms with Gasteiger partial charge in [0.2, 0.25) is 5.84 Å². The number of piperidine rings is 1. The summed E-state index contributed by atoms with van der Waals surface area (Å²) in [6, 6.07) is 17.9. The molecule has 0 unspecified atom stereocenters. The van der Waals surface area contributed by atoms with Crippen molar-refractivity contribution in [2.75, 3.05) is 25.1 Å². The minimum Gasteiger partial charge on any atom is -0.460 e. The van der Waals surface area contributed by atoms with Crippen molar-refractivity contribution in [3.05, 3.63) is 65.2 Å². The maximum Gasteiger partial charge on any atom is 0.375 e. The minimum absolute atomic E-state index is 0.305. The molecule has 1 heterocycles. The summed E-state index contributed by atoms with van der Waals surface area (Å²) in [5.74, 6) is 0.502. The Morgan fingerprint density at radius 2 is 1.82 bits per heavy atom. The highest BCUT2D eigenvalue weighted by atomic mass is 35.5. The van der Waals surface area contributed by atoms with Gasteiger partial charge in [-0.15, -0.1) is 5.10 Å². The highest BCUT2D eigenvalue weighted by molar-refractivity contribution is 6.35. The van der Waals surface area contributed by atoms with Gasteiger partial charge in [0.05, 0.1) is 17.3 Å². The Labute approximate surface area is 171 Å². The average Bonchev–Trinajstić information content (AvgIpc) is 2.71. The number of carbonyl (C=O) groups excluding carboxylic acids is 1. The standard InChI is InChI=1S/C22H26ClN3O2/c1-2-28-22(27)21(25-24-20-11-7-6-10-19(20)23)26-14-12-18(13-15-26)16-17-8-4-3-5-9-17/h3-11,18,24H,2,12-16H2,1H3/b25-21+. The molecule has 0 radical (unpaired) electrons. The summed E-state index contributed by atoms with van der Waals surface area (Å²) < 4.78 is 5.21. The number of hydrogen-bond donors (Lipinski definition) is 1. The van der Waals surface area contributed by atoms with E-state index in [2.05, 4.69) is 34.8 Å². The lowest BCUT2D eigenvalue weighted by molar-refractivity contribution is -0.136. The van der Waals surface area contributed by atoms with Gasteiger partial charge in [0, 0.05) is 13.1 Å². The van der Waals surface area contributed by atoms with Gasteiger partial charge in [0.25, 0.3) is 0 Å². The van der Waals surface area contributed by atoms with Crippen LogP contribution in [0.25, 0.3) is 0 Å². The van der Waals surface area contributed by atoms with Crippen molar-refractivity contribution in [1.82, 2.24) is 4.90 Å². The summed E-state index contributed by atoms with van der Waals surface area (Å²) >= 11 is 6.17. The second-order valence-electron chi connectivity index (χ2n) is 6.87. The van der Waals surface area contributed by atoms with Crippen LogP contribution in [0.2, 0.25) is 5.02 Å². The highest BCUT2D eigenvalue weighted by Crippen LogP contribution is 2.23. The maximum atomic E-state index is 12.5. The summed E-state index contributed by atoms with van der Waals surface area (Å²) in [6.07, 6.45) is 3.09. The number of halogens is 1. The largest absolute Gasteiger partial charge is 0.460 e. The number of hydrogen-bond acceptors (Lipinski definition) is 4. The van der Waals surface area contributed by atoms with Crippen LogP contribution in [-0.4, -0.2) is 36.4 Å². The van der Waals surface area contributed by atoms with E-state index >= 15 is 0 Å². The summed E-state index contributed by atoms with van der Waals surface area (Å²) in [7, 11) is 0. The van der Waals surface area contributed by atoms with Crippen LogP contribution in [0.15, 0.2) is 59.7 Å². The molecule has 2 aromatic carbocycles. The molecule has 28 heavy (non-hydrogen) atoms. The number of anilines is 1. The van der Waals surface area contributed by atoms with E-state index in [0.717, 1.165) is 32.4 Å². The second-order valence-corrected chi connectivity index (χ2v) is 7.27. The Morgan fingerprint density at radius 1 is 1.14 bits per heavy atom. The Bertz CT molecular complexity index is 802. The van der Waals surface area contributed by atoms with Crippen LogP contribution in [0.1, 0.15) is 25.3 Å². The molecule has 1 N–H and O–H groups in total. The zero-order chi connectivity index (χ0) is 19.8. The Balaban J connectivity index is 1.65. The Hall–Kier alpha value is -2.53. The molecule has 6 heteroatoms. The van der Waals surface area contributed by atoms with Gasteiger partial charge in [-0.3, -0.25) is 5.43 Å². The number of esters is 1.